The van der Waals surface area contributed by atoms with Crippen LogP contribution in [-0.2, 0) is 6.54 Å². The smallest absolute Gasteiger partial charge is 0.407 e. The Labute approximate surface area is 291 Å². The van der Waals surface area contributed by atoms with Gasteiger partial charge in [-0.1, -0.05) is 26.8 Å². The van der Waals surface area contributed by atoms with Gasteiger partial charge in [-0.15, -0.1) is 0 Å². The van der Waals surface area contributed by atoms with E-state index in [1.54, 1.807) is 22.7 Å². The summed E-state index contributed by atoms with van der Waals surface area (Å²) in [5, 5.41) is 29.0. The van der Waals surface area contributed by atoms with E-state index in [4.69, 9.17) is 14.8 Å². The predicted octanol–water partition coefficient (Wildman–Crippen LogP) is 5.59. The van der Waals surface area contributed by atoms with Crippen LogP contribution in [0.1, 0.15) is 50.8 Å². The van der Waals surface area contributed by atoms with E-state index < -0.39 is 6.09 Å². The van der Waals surface area contributed by atoms with E-state index in [1.807, 2.05) is 41.7 Å². The second kappa shape index (κ2) is 13.4. The second-order valence-electron chi connectivity index (χ2n) is 14.2. The van der Waals surface area contributed by atoms with Gasteiger partial charge in [0.05, 0.1) is 36.6 Å². The van der Waals surface area contributed by atoms with Gasteiger partial charge < -0.3 is 19.6 Å². The summed E-state index contributed by atoms with van der Waals surface area (Å²) < 4.78 is 8.91. The Bertz CT molecular complexity index is 2020. The Morgan fingerprint density at radius 1 is 0.960 bits per heavy atom. The van der Waals surface area contributed by atoms with E-state index in [0.29, 0.717) is 30.8 Å². The lowest BCUT2D eigenvalue weighted by Crippen LogP contribution is -2.51. The predicted molar refractivity (Wildman–Crippen MR) is 189 cm³/mol. The number of likely N-dealkylation sites (tertiary alicyclic amines) is 1. The molecule has 7 rings (SSSR count). The van der Waals surface area contributed by atoms with Gasteiger partial charge in [0.2, 0.25) is 5.88 Å². The summed E-state index contributed by atoms with van der Waals surface area (Å²) >= 11 is 0. The van der Waals surface area contributed by atoms with Crippen LogP contribution in [0.5, 0.6) is 5.88 Å². The molecular weight excluding hydrogens is 632 g/mol. The first-order valence-corrected chi connectivity index (χ1v) is 17.0. The van der Waals surface area contributed by atoms with Crippen molar-refractivity contribution < 1.29 is 14.6 Å². The van der Waals surface area contributed by atoms with Crippen molar-refractivity contribution >= 4 is 17.4 Å². The number of carboxylic acid groups (broad SMARTS) is 1. The number of pyridine rings is 3. The number of rotatable bonds is 7. The van der Waals surface area contributed by atoms with Crippen LogP contribution in [0.2, 0.25) is 0 Å². The summed E-state index contributed by atoms with van der Waals surface area (Å²) in [6.07, 6.45) is 11.7. The molecule has 2 fully saturated rings. The number of nitrogens with zero attached hydrogens (tertiary/aromatic N) is 10. The van der Waals surface area contributed by atoms with Crippen molar-refractivity contribution in [3.8, 4) is 34.2 Å². The summed E-state index contributed by atoms with van der Waals surface area (Å²) in [4.78, 5) is 27.5. The normalized spacial score (nSPS) is 18.7. The van der Waals surface area contributed by atoms with Crippen LogP contribution in [0.25, 0.3) is 27.8 Å². The third-order valence-electron chi connectivity index (χ3n) is 10.0. The Morgan fingerprint density at radius 2 is 1.78 bits per heavy atom. The SMILES string of the molecule is COc1ccc(CN2CCN(c3ccc(-c4cc(-c5cnn(C6CCN(C(=O)O)C(C(C)(C)C)C6)c5)cn5ncc(C#N)c45)cn3)CC2)cn1. The molecule has 0 bridgehead atoms. The maximum atomic E-state index is 12.0. The molecular formula is C37H42N10O3. The van der Waals surface area contributed by atoms with Gasteiger partial charge >= 0.3 is 6.09 Å². The zero-order valence-corrected chi connectivity index (χ0v) is 28.9. The highest BCUT2D eigenvalue weighted by Gasteiger charge is 2.39. The fourth-order valence-electron chi connectivity index (χ4n) is 7.26. The molecule has 0 radical (unpaired) electrons. The number of nitriles is 1. The molecule has 0 saturated carbocycles. The van der Waals surface area contributed by atoms with Crippen molar-refractivity contribution in [3.05, 3.63) is 78.6 Å². The molecule has 0 spiro atoms. The standard InChI is InChI=1S/C37H42N10O3/c1-37(2,3)32-16-30(9-10-45(32)36(48)49)46-24-29(21-41-46)27-15-31(35-28(17-38)20-42-47(35)23-27)26-6-7-33(39-19-26)44-13-11-43(12-14-44)22-25-5-8-34(50-4)40-18-25/h5-8,15,18-21,23-24,30,32H,9-14,16,22H2,1-4H3,(H,48,49). The van der Waals surface area contributed by atoms with E-state index in [-0.39, 0.29) is 17.5 Å². The van der Waals surface area contributed by atoms with Crippen molar-refractivity contribution in [2.75, 3.05) is 44.7 Å². The molecule has 13 heteroatoms. The molecule has 0 aliphatic carbocycles. The van der Waals surface area contributed by atoms with Gasteiger partial charge in [0, 0.05) is 98.4 Å². The lowest BCUT2D eigenvalue weighted by Gasteiger charge is -2.44. The van der Waals surface area contributed by atoms with Crippen LogP contribution in [-0.4, -0.2) is 96.2 Å². The number of ether oxygens (including phenoxy) is 1. The van der Waals surface area contributed by atoms with Gasteiger partial charge in [0.1, 0.15) is 11.9 Å². The topological polar surface area (TPSA) is 141 Å². The first kappa shape index (κ1) is 33.0. The highest BCUT2D eigenvalue weighted by atomic mass is 16.5. The minimum atomic E-state index is -0.870. The van der Waals surface area contributed by atoms with Crippen molar-refractivity contribution in [1.82, 2.24) is 39.2 Å². The number of fused-ring (bicyclic) bond motifs is 1. The van der Waals surface area contributed by atoms with Crippen molar-refractivity contribution in [2.24, 2.45) is 5.41 Å². The number of piperazine rings is 1. The number of piperidine rings is 1. The number of hydrogen-bond acceptors (Lipinski definition) is 9. The first-order chi connectivity index (χ1) is 24.1. The number of methoxy groups -OCH3 is 1. The van der Waals surface area contributed by atoms with Crippen LogP contribution in [0.15, 0.2) is 67.5 Å². The highest BCUT2D eigenvalue weighted by Crippen LogP contribution is 2.38. The minimum Gasteiger partial charge on any atom is -0.481 e. The van der Waals surface area contributed by atoms with E-state index in [2.05, 4.69) is 71.0 Å². The number of amides is 1. The summed E-state index contributed by atoms with van der Waals surface area (Å²) in [6, 6.07) is 12.4. The molecule has 0 aromatic carbocycles. The third-order valence-corrected chi connectivity index (χ3v) is 10.0. The lowest BCUT2D eigenvalue weighted by atomic mass is 9.79. The minimum absolute atomic E-state index is 0.0831. The summed E-state index contributed by atoms with van der Waals surface area (Å²) in [7, 11) is 1.62. The zero-order valence-electron chi connectivity index (χ0n) is 28.9. The number of hydrogen-bond donors (Lipinski definition) is 1. The average Bonchev–Trinajstić information content (AvgIpc) is 3.79. The zero-order chi connectivity index (χ0) is 35.0. The Balaban J connectivity index is 1.10. The van der Waals surface area contributed by atoms with Gasteiger partial charge in [0.25, 0.3) is 0 Å². The third kappa shape index (κ3) is 6.58. The molecule has 2 atom stereocenters. The largest absolute Gasteiger partial charge is 0.481 e. The molecule has 2 unspecified atom stereocenters. The van der Waals surface area contributed by atoms with E-state index in [1.165, 1.54) is 0 Å². The summed E-state index contributed by atoms with van der Waals surface area (Å²) in [5.41, 5.74) is 5.78. The number of anilines is 1. The summed E-state index contributed by atoms with van der Waals surface area (Å²) in [5.74, 6) is 1.54. The Morgan fingerprint density at radius 3 is 2.44 bits per heavy atom. The van der Waals surface area contributed by atoms with Gasteiger partial charge in [-0.05, 0) is 42.0 Å². The first-order valence-electron chi connectivity index (χ1n) is 17.0. The number of carbonyl (C=O) groups is 1. The molecule has 50 heavy (non-hydrogen) atoms. The van der Waals surface area contributed by atoms with Crippen LogP contribution in [0.3, 0.4) is 0 Å². The Hall–Kier alpha value is -5.48. The molecule has 5 aromatic rings. The lowest BCUT2D eigenvalue weighted by molar-refractivity contribution is 0.0408. The van der Waals surface area contributed by atoms with E-state index in [0.717, 1.165) is 71.9 Å². The van der Waals surface area contributed by atoms with Gasteiger partial charge in [-0.2, -0.15) is 15.5 Å². The molecule has 13 nitrogen and oxygen atoms in total. The maximum Gasteiger partial charge on any atom is 0.407 e. The van der Waals surface area contributed by atoms with Crippen molar-refractivity contribution in [3.63, 3.8) is 0 Å². The molecule has 2 aliphatic heterocycles. The van der Waals surface area contributed by atoms with Crippen LogP contribution < -0.4 is 9.64 Å². The summed E-state index contributed by atoms with van der Waals surface area (Å²) in [6.45, 7) is 11.2. The van der Waals surface area contributed by atoms with Crippen molar-refractivity contribution in [1.29, 1.82) is 5.26 Å². The monoisotopic (exact) mass is 674 g/mol. The average molecular weight is 675 g/mol. The van der Waals surface area contributed by atoms with Gasteiger partial charge in [0.15, 0.2) is 0 Å². The highest BCUT2D eigenvalue weighted by molar-refractivity contribution is 5.87. The molecule has 2 saturated heterocycles. The molecule has 1 N–H and O–H groups in total. The molecule has 2 aliphatic rings. The second-order valence-corrected chi connectivity index (χ2v) is 14.2. The fraction of sp³-hybridized carbons (Fsp3) is 0.405. The van der Waals surface area contributed by atoms with Crippen molar-refractivity contribution in [2.45, 2.75) is 52.2 Å². The van der Waals surface area contributed by atoms with E-state index >= 15 is 0 Å². The molecule has 7 heterocycles. The van der Waals surface area contributed by atoms with E-state index in [9.17, 15) is 15.2 Å². The van der Waals surface area contributed by atoms with Crippen LogP contribution in [0, 0.1) is 16.7 Å². The quantitative estimate of drug-likeness (QED) is 0.232. The Kier molecular flexibility index (Phi) is 8.88. The van der Waals surface area contributed by atoms with Gasteiger partial charge in [-0.25, -0.2) is 19.3 Å². The number of aromatic nitrogens is 6. The van der Waals surface area contributed by atoms with Crippen LogP contribution >= 0.6 is 0 Å². The maximum absolute atomic E-state index is 12.0. The van der Waals surface area contributed by atoms with Crippen LogP contribution in [0.4, 0.5) is 10.6 Å². The molecule has 258 valence electrons. The molecule has 1 amide bonds. The molecule has 5 aromatic heterocycles. The fourth-order valence-corrected chi connectivity index (χ4v) is 7.26. The van der Waals surface area contributed by atoms with Gasteiger partial charge in [-0.3, -0.25) is 9.58 Å².